The summed E-state index contributed by atoms with van der Waals surface area (Å²) in [6.07, 6.45) is 9.21. The van der Waals surface area contributed by atoms with Gasteiger partial charge < -0.3 is 10.4 Å². The van der Waals surface area contributed by atoms with Crippen LogP contribution in [0.25, 0.3) is 0 Å². The Hall–Kier alpha value is -0.570. The fourth-order valence-corrected chi connectivity index (χ4v) is 2.78. The van der Waals surface area contributed by atoms with Crippen LogP contribution in [0.2, 0.25) is 0 Å². The number of carboxylic acids is 1. The molecule has 0 aromatic rings. The second kappa shape index (κ2) is 7.70. The Morgan fingerprint density at radius 1 is 1.41 bits per heavy atom. The number of piperidine rings is 1. The second-order valence-corrected chi connectivity index (χ2v) is 5.34. The van der Waals surface area contributed by atoms with E-state index in [0.29, 0.717) is 6.04 Å². The van der Waals surface area contributed by atoms with E-state index in [9.17, 15) is 4.79 Å². The number of hydrogen-bond donors (Lipinski definition) is 2. The van der Waals surface area contributed by atoms with Crippen molar-refractivity contribution in [2.75, 3.05) is 0 Å². The molecule has 1 fully saturated rings. The van der Waals surface area contributed by atoms with Crippen molar-refractivity contribution in [2.45, 2.75) is 77.3 Å². The SMILES string of the molecule is CCCCC(CC)CC1CCCC(C(=O)O)N1. The molecule has 0 radical (unpaired) electrons. The highest BCUT2D eigenvalue weighted by Crippen LogP contribution is 2.23. The van der Waals surface area contributed by atoms with Crippen LogP contribution in [0.4, 0.5) is 0 Å². The van der Waals surface area contributed by atoms with E-state index >= 15 is 0 Å². The van der Waals surface area contributed by atoms with Gasteiger partial charge in [-0.05, 0) is 31.6 Å². The molecule has 1 aliphatic rings. The monoisotopic (exact) mass is 241 g/mol. The summed E-state index contributed by atoms with van der Waals surface area (Å²) in [6.45, 7) is 4.48. The quantitative estimate of drug-likeness (QED) is 0.719. The Morgan fingerprint density at radius 2 is 2.18 bits per heavy atom. The molecule has 0 saturated carbocycles. The maximum absolute atomic E-state index is 11.0. The van der Waals surface area contributed by atoms with Gasteiger partial charge in [0.25, 0.3) is 0 Å². The molecular formula is C14H27NO2. The Morgan fingerprint density at radius 3 is 2.76 bits per heavy atom. The molecule has 1 rings (SSSR count). The van der Waals surface area contributed by atoms with Crippen molar-refractivity contribution in [3.8, 4) is 0 Å². The average molecular weight is 241 g/mol. The summed E-state index contributed by atoms with van der Waals surface area (Å²) in [5, 5.41) is 12.3. The summed E-state index contributed by atoms with van der Waals surface area (Å²) >= 11 is 0. The summed E-state index contributed by atoms with van der Waals surface area (Å²) in [7, 11) is 0. The fourth-order valence-electron chi connectivity index (χ4n) is 2.78. The van der Waals surface area contributed by atoms with Gasteiger partial charge in [-0.25, -0.2) is 0 Å². The third-order valence-corrected chi connectivity index (χ3v) is 3.94. The standard InChI is InChI=1S/C14H27NO2/c1-3-5-7-11(4-2)10-12-8-6-9-13(15-12)14(16)17/h11-13,15H,3-10H2,1-2H3,(H,16,17). The summed E-state index contributed by atoms with van der Waals surface area (Å²) in [5.41, 5.74) is 0. The van der Waals surface area contributed by atoms with Gasteiger partial charge in [0, 0.05) is 6.04 Å². The molecule has 0 bridgehead atoms. The van der Waals surface area contributed by atoms with Gasteiger partial charge in [-0.1, -0.05) is 39.5 Å². The zero-order valence-corrected chi connectivity index (χ0v) is 11.2. The first-order valence-corrected chi connectivity index (χ1v) is 7.16. The molecule has 17 heavy (non-hydrogen) atoms. The fraction of sp³-hybridized carbons (Fsp3) is 0.929. The van der Waals surface area contributed by atoms with Crippen molar-refractivity contribution in [3.63, 3.8) is 0 Å². The first-order valence-electron chi connectivity index (χ1n) is 7.16. The molecular weight excluding hydrogens is 214 g/mol. The predicted molar refractivity (Wildman–Crippen MR) is 70.1 cm³/mol. The van der Waals surface area contributed by atoms with Gasteiger partial charge in [-0.15, -0.1) is 0 Å². The molecule has 1 saturated heterocycles. The van der Waals surface area contributed by atoms with Crippen LogP contribution in [-0.4, -0.2) is 23.2 Å². The summed E-state index contributed by atoms with van der Waals surface area (Å²) in [6, 6.07) is 0.115. The molecule has 0 aliphatic carbocycles. The van der Waals surface area contributed by atoms with Gasteiger partial charge >= 0.3 is 5.97 Å². The number of nitrogens with one attached hydrogen (secondary N) is 1. The summed E-state index contributed by atoms with van der Waals surface area (Å²) in [5.74, 6) is 0.0799. The Kier molecular flexibility index (Phi) is 6.56. The third-order valence-electron chi connectivity index (χ3n) is 3.94. The van der Waals surface area contributed by atoms with Crippen molar-refractivity contribution >= 4 is 5.97 Å². The molecule has 0 amide bonds. The number of aliphatic carboxylic acids is 1. The van der Waals surface area contributed by atoms with Crippen LogP contribution in [0.3, 0.4) is 0 Å². The zero-order chi connectivity index (χ0) is 12.7. The maximum atomic E-state index is 11.0. The molecule has 100 valence electrons. The van der Waals surface area contributed by atoms with Crippen molar-refractivity contribution in [1.82, 2.24) is 5.32 Å². The topological polar surface area (TPSA) is 49.3 Å². The van der Waals surface area contributed by atoms with Crippen molar-refractivity contribution < 1.29 is 9.90 Å². The van der Waals surface area contributed by atoms with E-state index in [-0.39, 0.29) is 6.04 Å². The van der Waals surface area contributed by atoms with Crippen LogP contribution in [0, 0.1) is 5.92 Å². The lowest BCUT2D eigenvalue weighted by atomic mass is 9.87. The number of unbranched alkanes of at least 4 members (excludes halogenated alkanes) is 1. The van der Waals surface area contributed by atoms with Crippen molar-refractivity contribution in [3.05, 3.63) is 0 Å². The van der Waals surface area contributed by atoms with Crippen LogP contribution in [-0.2, 0) is 4.79 Å². The van der Waals surface area contributed by atoms with Crippen LogP contribution < -0.4 is 5.32 Å². The van der Waals surface area contributed by atoms with Crippen LogP contribution in [0.15, 0.2) is 0 Å². The minimum Gasteiger partial charge on any atom is -0.480 e. The largest absolute Gasteiger partial charge is 0.480 e. The lowest BCUT2D eigenvalue weighted by Crippen LogP contribution is -2.47. The molecule has 3 heteroatoms. The highest BCUT2D eigenvalue weighted by molar-refractivity contribution is 5.73. The minimum atomic E-state index is -0.684. The Labute approximate surface area is 105 Å². The predicted octanol–water partition coefficient (Wildman–Crippen LogP) is 3.19. The van der Waals surface area contributed by atoms with Crippen LogP contribution in [0.1, 0.15) is 65.2 Å². The van der Waals surface area contributed by atoms with Crippen molar-refractivity contribution in [1.29, 1.82) is 0 Å². The Bertz CT molecular complexity index is 230. The molecule has 2 N–H and O–H groups in total. The molecule has 3 nitrogen and oxygen atoms in total. The van der Waals surface area contributed by atoms with Gasteiger partial charge in [0.1, 0.15) is 6.04 Å². The van der Waals surface area contributed by atoms with Gasteiger partial charge in [0.15, 0.2) is 0 Å². The van der Waals surface area contributed by atoms with E-state index < -0.39 is 5.97 Å². The average Bonchev–Trinajstić information content (AvgIpc) is 2.34. The second-order valence-electron chi connectivity index (χ2n) is 5.34. The molecule has 1 heterocycles. The molecule has 0 spiro atoms. The number of carbonyl (C=O) groups is 1. The lowest BCUT2D eigenvalue weighted by Gasteiger charge is -2.31. The normalized spacial score (nSPS) is 26.7. The minimum absolute atomic E-state index is 0.308. The zero-order valence-electron chi connectivity index (χ0n) is 11.2. The van der Waals surface area contributed by atoms with E-state index in [1.807, 2.05) is 0 Å². The van der Waals surface area contributed by atoms with E-state index in [2.05, 4.69) is 19.2 Å². The van der Waals surface area contributed by atoms with E-state index in [4.69, 9.17) is 5.11 Å². The smallest absolute Gasteiger partial charge is 0.320 e. The maximum Gasteiger partial charge on any atom is 0.320 e. The molecule has 3 unspecified atom stereocenters. The van der Waals surface area contributed by atoms with Crippen LogP contribution >= 0.6 is 0 Å². The van der Waals surface area contributed by atoms with Gasteiger partial charge in [-0.2, -0.15) is 0 Å². The number of rotatable bonds is 7. The van der Waals surface area contributed by atoms with Gasteiger partial charge in [0.05, 0.1) is 0 Å². The highest BCUT2D eigenvalue weighted by atomic mass is 16.4. The van der Waals surface area contributed by atoms with Gasteiger partial charge in [-0.3, -0.25) is 4.79 Å². The van der Waals surface area contributed by atoms with Gasteiger partial charge in [0.2, 0.25) is 0 Å². The first kappa shape index (κ1) is 14.5. The molecule has 3 atom stereocenters. The molecule has 1 aliphatic heterocycles. The molecule has 0 aromatic heterocycles. The van der Waals surface area contributed by atoms with Crippen molar-refractivity contribution in [2.24, 2.45) is 5.92 Å². The summed E-state index contributed by atoms with van der Waals surface area (Å²) in [4.78, 5) is 11.0. The van der Waals surface area contributed by atoms with Crippen LogP contribution in [0.5, 0.6) is 0 Å². The van der Waals surface area contributed by atoms with E-state index in [0.717, 1.165) is 31.6 Å². The number of hydrogen-bond acceptors (Lipinski definition) is 2. The summed E-state index contributed by atoms with van der Waals surface area (Å²) < 4.78 is 0. The highest BCUT2D eigenvalue weighted by Gasteiger charge is 2.27. The lowest BCUT2D eigenvalue weighted by molar-refractivity contribution is -0.140. The first-order chi connectivity index (χ1) is 8.17. The van der Waals surface area contributed by atoms with E-state index in [1.54, 1.807) is 0 Å². The molecule has 0 aromatic carbocycles. The Balaban J connectivity index is 2.35. The third kappa shape index (κ3) is 5.07. The van der Waals surface area contributed by atoms with E-state index in [1.165, 1.54) is 25.7 Å². The number of carboxylic acid groups (broad SMARTS) is 1.